The minimum absolute atomic E-state index is 0.385. The van der Waals surface area contributed by atoms with E-state index < -0.39 is 17.9 Å². The Balaban J connectivity index is 2.23. The number of hydrogen-bond donors (Lipinski definition) is 2. The van der Waals surface area contributed by atoms with E-state index in [1.807, 2.05) is 0 Å². The third-order valence-corrected chi connectivity index (χ3v) is 4.61. The summed E-state index contributed by atoms with van der Waals surface area (Å²) in [4.78, 5) is 24.0. The van der Waals surface area contributed by atoms with Crippen LogP contribution >= 0.6 is 43.2 Å². The summed E-state index contributed by atoms with van der Waals surface area (Å²) >= 11 is 7.87. The minimum Gasteiger partial charge on any atom is -0.479 e. The summed E-state index contributed by atoms with van der Waals surface area (Å²) < 4.78 is 1.42. The first kappa shape index (κ1) is 15.2. The Kier molecular flexibility index (Phi) is 4.95. The Labute approximate surface area is 136 Å². The van der Waals surface area contributed by atoms with Crippen LogP contribution in [0.1, 0.15) is 21.3 Å². The Morgan fingerprint density at radius 2 is 2.00 bits per heavy atom. The summed E-state index contributed by atoms with van der Waals surface area (Å²) in [6, 6.07) is 7.46. The maximum absolute atomic E-state index is 12.2. The van der Waals surface area contributed by atoms with Crippen LogP contribution in [0.2, 0.25) is 0 Å². The minimum atomic E-state index is -1.09. The summed E-state index contributed by atoms with van der Waals surface area (Å²) in [5.74, 6) is -1.53. The highest BCUT2D eigenvalue weighted by molar-refractivity contribution is 9.11. The number of carbonyl (C=O) groups excluding carboxylic acids is 1. The molecule has 2 aromatic rings. The first-order valence-corrected chi connectivity index (χ1v) is 7.97. The molecule has 0 aliphatic heterocycles. The Hall–Kier alpha value is -1.18. The van der Waals surface area contributed by atoms with E-state index in [9.17, 15) is 14.7 Å². The molecule has 104 valence electrons. The van der Waals surface area contributed by atoms with Gasteiger partial charge in [-0.25, -0.2) is 4.79 Å². The lowest BCUT2D eigenvalue weighted by atomic mass is 10.2. The fourth-order valence-electron chi connectivity index (χ4n) is 1.59. The van der Waals surface area contributed by atoms with Crippen molar-refractivity contribution in [2.75, 3.05) is 0 Å². The van der Waals surface area contributed by atoms with Gasteiger partial charge in [0.25, 0.3) is 5.91 Å². The van der Waals surface area contributed by atoms with Gasteiger partial charge < -0.3 is 10.4 Å². The van der Waals surface area contributed by atoms with Gasteiger partial charge in [0.1, 0.15) is 0 Å². The largest absolute Gasteiger partial charge is 0.479 e. The second-order valence-electron chi connectivity index (χ2n) is 3.88. The monoisotopic (exact) mass is 417 g/mol. The average Bonchev–Trinajstić information content (AvgIpc) is 2.88. The van der Waals surface area contributed by atoms with Gasteiger partial charge in [-0.3, -0.25) is 4.79 Å². The normalized spacial score (nSPS) is 11.9. The molecule has 1 atom stereocenters. The molecule has 1 aromatic heterocycles. The first-order chi connectivity index (χ1) is 9.49. The van der Waals surface area contributed by atoms with Crippen molar-refractivity contribution in [1.82, 2.24) is 5.32 Å². The highest BCUT2D eigenvalue weighted by Gasteiger charge is 2.24. The van der Waals surface area contributed by atoms with E-state index in [1.165, 1.54) is 11.3 Å². The highest BCUT2D eigenvalue weighted by Crippen LogP contribution is 2.24. The molecule has 1 amide bonds. The van der Waals surface area contributed by atoms with Gasteiger partial charge in [0.15, 0.2) is 6.04 Å². The molecule has 4 nitrogen and oxygen atoms in total. The number of carbonyl (C=O) groups is 2. The Morgan fingerprint density at radius 1 is 1.25 bits per heavy atom. The predicted octanol–water partition coefficient (Wildman–Crippen LogP) is 3.83. The third kappa shape index (κ3) is 3.47. The quantitative estimate of drug-likeness (QED) is 0.792. The maximum Gasteiger partial charge on any atom is 0.331 e. The van der Waals surface area contributed by atoms with E-state index in [1.54, 1.807) is 35.7 Å². The lowest BCUT2D eigenvalue weighted by Gasteiger charge is -2.13. The molecular weight excluding hydrogens is 410 g/mol. The lowest BCUT2D eigenvalue weighted by Crippen LogP contribution is -2.33. The molecule has 0 aliphatic rings. The van der Waals surface area contributed by atoms with Crippen LogP contribution in [0.5, 0.6) is 0 Å². The van der Waals surface area contributed by atoms with Crippen molar-refractivity contribution < 1.29 is 14.7 Å². The summed E-state index contributed by atoms with van der Waals surface area (Å²) in [6.45, 7) is 0. The molecule has 0 spiro atoms. The molecule has 1 heterocycles. The van der Waals surface area contributed by atoms with Crippen molar-refractivity contribution in [1.29, 1.82) is 0 Å². The second-order valence-corrected chi connectivity index (χ2v) is 6.63. The molecular formula is C13H9Br2NO3S. The molecule has 1 unspecified atom stereocenters. The summed E-state index contributed by atoms with van der Waals surface area (Å²) in [5, 5.41) is 13.5. The molecule has 0 saturated carbocycles. The van der Waals surface area contributed by atoms with Crippen molar-refractivity contribution in [2.24, 2.45) is 0 Å². The first-order valence-electron chi connectivity index (χ1n) is 5.51. The summed E-state index contributed by atoms with van der Waals surface area (Å²) in [6.07, 6.45) is 0. The van der Waals surface area contributed by atoms with Gasteiger partial charge in [0.05, 0.1) is 5.56 Å². The zero-order valence-corrected chi connectivity index (χ0v) is 14.0. The van der Waals surface area contributed by atoms with E-state index >= 15 is 0 Å². The smallest absolute Gasteiger partial charge is 0.331 e. The molecule has 1 aromatic carbocycles. The number of nitrogens with one attached hydrogen (secondary N) is 1. The number of thiophene rings is 1. The molecule has 2 rings (SSSR count). The second kappa shape index (κ2) is 6.51. The van der Waals surface area contributed by atoms with Gasteiger partial charge in [-0.15, -0.1) is 11.3 Å². The topological polar surface area (TPSA) is 66.4 Å². The van der Waals surface area contributed by atoms with Crippen LogP contribution in [-0.4, -0.2) is 17.0 Å². The number of aliphatic carboxylic acids is 1. The standard InChI is InChI=1S/C13H9Br2NO3S/c14-7-3-4-8(9(15)6-7)12(17)16-11(13(18)19)10-2-1-5-20-10/h1-6,11H,(H,16,17)(H,18,19). The van der Waals surface area contributed by atoms with Gasteiger partial charge in [0.2, 0.25) is 0 Å². The van der Waals surface area contributed by atoms with Crippen LogP contribution in [0.25, 0.3) is 0 Å². The fraction of sp³-hybridized carbons (Fsp3) is 0.0769. The van der Waals surface area contributed by atoms with E-state index in [-0.39, 0.29) is 0 Å². The van der Waals surface area contributed by atoms with Crippen molar-refractivity contribution in [3.05, 3.63) is 55.1 Å². The third-order valence-electron chi connectivity index (χ3n) is 2.53. The van der Waals surface area contributed by atoms with Crippen molar-refractivity contribution in [3.8, 4) is 0 Å². The summed E-state index contributed by atoms with van der Waals surface area (Å²) in [5.41, 5.74) is 0.385. The van der Waals surface area contributed by atoms with Crippen LogP contribution in [0.15, 0.2) is 44.7 Å². The molecule has 0 aliphatic carbocycles. The molecule has 0 radical (unpaired) electrons. The lowest BCUT2D eigenvalue weighted by molar-refractivity contribution is -0.139. The number of carboxylic acids is 1. The molecule has 2 N–H and O–H groups in total. The van der Waals surface area contributed by atoms with Gasteiger partial charge in [-0.05, 0) is 45.6 Å². The predicted molar refractivity (Wildman–Crippen MR) is 84.0 cm³/mol. The number of hydrogen-bond acceptors (Lipinski definition) is 3. The fourth-order valence-corrected chi connectivity index (χ4v) is 3.59. The Bertz CT molecular complexity index is 643. The molecule has 7 heteroatoms. The van der Waals surface area contributed by atoms with Gasteiger partial charge in [0, 0.05) is 13.8 Å². The van der Waals surface area contributed by atoms with E-state index in [0.29, 0.717) is 14.9 Å². The molecule has 0 bridgehead atoms. The van der Waals surface area contributed by atoms with Crippen molar-refractivity contribution in [3.63, 3.8) is 0 Å². The van der Waals surface area contributed by atoms with E-state index in [0.717, 1.165) is 4.47 Å². The van der Waals surface area contributed by atoms with Crippen LogP contribution in [0.3, 0.4) is 0 Å². The van der Waals surface area contributed by atoms with Crippen molar-refractivity contribution >= 4 is 55.1 Å². The molecule has 0 fully saturated rings. The summed E-state index contributed by atoms with van der Waals surface area (Å²) in [7, 11) is 0. The SMILES string of the molecule is O=C(NC(C(=O)O)c1cccs1)c1ccc(Br)cc1Br. The van der Waals surface area contributed by atoms with E-state index in [4.69, 9.17) is 0 Å². The van der Waals surface area contributed by atoms with Crippen LogP contribution in [0.4, 0.5) is 0 Å². The van der Waals surface area contributed by atoms with Crippen molar-refractivity contribution in [2.45, 2.75) is 6.04 Å². The van der Waals surface area contributed by atoms with Gasteiger partial charge in [-0.1, -0.05) is 22.0 Å². The van der Waals surface area contributed by atoms with E-state index in [2.05, 4.69) is 37.2 Å². The highest BCUT2D eigenvalue weighted by atomic mass is 79.9. The number of carboxylic acid groups (broad SMARTS) is 1. The number of amides is 1. The maximum atomic E-state index is 12.2. The van der Waals surface area contributed by atoms with Crippen LogP contribution in [-0.2, 0) is 4.79 Å². The molecule has 20 heavy (non-hydrogen) atoms. The number of benzene rings is 1. The zero-order valence-electron chi connectivity index (χ0n) is 9.97. The Morgan fingerprint density at radius 3 is 2.55 bits per heavy atom. The van der Waals surface area contributed by atoms with Gasteiger partial charge in [-0.2, -0.15) is 0 Å². The average molecular weight is 419 g/mol. The number of halogens is 2. The van der Waals surface area contributed by atoms with Gasteiger partial charge >= 0.3 is 5.97 Å². The van der Waals surface area contributed by atoms with Crippen LogP contribution in [0, 0.1) is 0 Å². The number of rotatable bonds is 4. The van der Waals surface area contributed by atoms with Crippen LogP contribution < -0.4 is 5.32 Å². The molecule has 0 saturated heterocycles. The zero-order chi connectivity index (χ0) is 14.7.